The zero-order valence-corrected chi connectivity index (χ0v) is 6.67. The van der Waals surface area contributed by atoms with Gasteiger partial charge in [-0.25, -0.2) is 0 Å². The van der Waals surface area contributed by atoms with Crippen LogP contribution >= 0.6 is 12.8 Å². The number of thiol groups is 1. The van der Waals surface area contributed by atoms with E-state index in [9.17, 15) is 4.79 Å². The van der Waals surface area contributed by atoms with Crippen LogP contribution in [0.4, 0.5) is 0 Å². The number of hydroxylamine groups is 1. The van der Waals surface area contributed by atoms with Crippen molar-refractivity contribution in [3.05, 3.63) is 0 Å². The minimum Gasteiger partial charge on any atom is -0.480 e. The van der Waals surface area contributed by atoms with Crippen molar-refractivity contribution >= 4 is 18.8 Å². The number of aliphatic carboxylic acids is 1. The molecular formula is C5H11NO3S. The summed E-state index contributed by atoms with van der Waals surface area (Å²) in [6, 6.07) is 0. The van der Waals surface area contributed by atoms with Crippen molar-refractivity contribution in [3.8, 4) is 0 Å². The van der Waals surface area contributed by atoms with Gasteiger partial charge in [0.15, 0.2) is 0 Å². The summed E-state index contributed by atoms with van der Waals surface area (Å²) in [5.41, 5.74) is 0. The lowest BCUT2D eigenvalue weighted by Crippen LogP contribution is -2.21. The third-order valence-electron chi connectivity index (χ3n) is 0.715. The first-order chi connectivity index (χ1) is 4.66. The minimum absolute atomic E-state index is 0.205. The van der Waals surface area contributed by atoms with E-state index < -0.39 is 5.97 Å². The molecule has 0 amide bonds. The molecule has 0 heterocycles. The fourth-order valence-corrected chi connectivity index (χ4v) is 0.561. The maximum atomic E-state index is 10.0. The molecule has 5 heteroatoms. The molecule has 0 rings (SSSR count). The van der Waals surface area contributed by atoms with Crippen LogP contribution in [0, 0.1) is 0 Å². The summed E-state index contributed by atoms with van der Waals surface area (Å²) < 4.78 is 1.01. The van der Waals surface area contributed by atoms with Crippen molar-refractivity contribution in [1.29, 1.82) is 0 Å². The standard InChI is InChI=1S/C5H11NO3S/c1-2-3-9-6(10)4-5(7)8/h10H,2-4H2,1H3,(H,7,8). The summed E-state index contributed by atoms with van der Waals surface area (Å²) in [6.07, 6.45) is 0.844. The van der Waals surface area contributed by atoms with Gasteiger partial charge in [-0.3, -0.25) is 9.63 Å². The number of carbonyl (C=O) groups is 1. The van der Waals surface area contributed by atoms with Crippen LogP contribution in [-0.2, 0) is 9.63 Å². The number of nitrogens with zero attached hydrogens (tertiary/aromatic N) is 1. The Bertz CT molecular complexity index is 109. The topological polar surface area (TPSA) is 49.8 Å². The van der Waals surface area contributed by atoms with E-state index in [0.717, 1.165) is 10.9 Å². The molecule has 0 aromatic heterocycles. The highest BCUT2D eigenvalue weighted by molar-refractivity contribution is 7.77. The van der Waals surface area contributed by atoms with Crippen molar-refractivity contribution in [2.45, 2.75) is 13.3 Å². The SMILES string of the molecule is CCCON(S)CC(=O)O. The number of carboxylic acid groups (broad SMARTS) is 1. The van der Waals surface area contributed by atoms with Crippen LogP contribution in [0.3, 0.4) is 0 Å². The molecule has 0 aliphatic heterocycles. The second-order valence-electron chi connectivity index (χ2n) is 1.74. The number of hydrogen-bond donors (Lipinski definition) is 2. The van der Waals surface area contributed by atoms with Gasteiger partial charge in [-0.2, -0.15) is 0 Å². The molecule has 0 spiro atoms. The van der Waals surface area contributed by atoms with E-state index in [1.54, 1.807) is 0 Å². The highest BCUT2D eigenvalue weighted by Gasteiger charge is 2.03. The maximum Gasteiger partial charge on any atom is 0.321 e. The number of rotatable bonds is 5. The molecule has 0 unspecified atom stereocenters. The predicted molar refractivity (Wildman–Crippen MR) is 39.6 cm³/mol. The Morgan fingerprint density at radius 2 is 2.40 bits per heavy atom. The first-order valence-corrected chi connectivity index (χ1v) is 3.38. The van der Waals surface area contributed by atoms with E-state index in [4.69, 9.17) is 9.94 Å². The Morgan fingerprint density at radius 1 is 1.80 bits per heavy atom. The maximum absolute atomic E-state index is 10.0. The fraction of sp³-hybridized carbons (Fsp3) is 0.800. The lowest BCUT2D eigenvalue weighted by molar-refractivity contribution is -0.147. The second kappa shape index (κ2) is 5.52. The third kappa shape index (κ3) is 5.87. The molecule has 0 aliphatic rings. The smallest absolute Gasteiger partial charge is 0.321 e. The summed E-state index contributed by atoms with van der Waals surface area (Å²) >= 11 is 3.73. The molecule has 0 atom stereocenters. The zero-order chi connectivity index (χ0) is 7.98. The summed E-state index contributed by atoms with van der Waals surface area (Å²) in [4.78, 5) is 14.8. The van der Waals surface area contributed by atoms with Gasteiger partial charge >= 0.3 is 5.97 Å². The lowest BCUT2D eigenvalue weighted by Gasteiger charge is -2.10. The van der Waals surface area contributed by atoms with Crippen molar-refractivity contribution in [1.82, 2.24) is 4.47 Å². The van der Waals surface area contributed by atoms with Gasteiger partial charge in [-0.15, -0.1) is 4.47 Å². The summed E-state index contributed by atoms with van der Waals surface area (Å²) in [5, 5.41) is 8.21. The molecule has 0 aromatic rings. The van der Waals surface area contributed by atoms with Gasteiger partial charge in [-0.05, 0) is 6.42 Å². The molecular weight excluding hydrogens is 154 g/mol. The number of carboxylic acids is 1. The molecule has 10 heavy (non-hydrogen) atoms. The normalized spacial score (nSPS) is 10.3. The molecule has 0 aromatic carbocycles. The monoisotopic (exact) mass is 165 g/mol. The van der Waals surface area contributed by atoms with Crippen LogP contribution in [0.5, 0.6) is 0 Å². The van der Waals surface area contributed by atoms with Crippen molar-refractivity contribution in [3.63, 3.8) is 0 Å². The van der Waals surface area contributed by atoms with Crippen molar-refractivity contribution in [2.24, 2.45) is 0 Å². The largest absolute Gasteiger partial charge is 0.480 e. The first-order valence-electron chi connectivity index (χ1n) is 2.98. The fourth-order valence-electron chi connectivity index (χ4n) is 0.358. The van der Waals surface area contributed by atoms with Crippen LogP contribution in [0.25, 0.3) is 0 Å². The summed E-state index contributed by atoms with van der Waals surface area (Å²) in [5.74, 6) is -0.953. The van der Waals surface area contributed by atoms with Gasteiger partial charge in [0.25, 0.3) is 0 Å². The highest BCUT2D eigenvalue weighted by Crippen LogP contribution is 1.94. The van der Waals surface area contributed by atoms with Crippen LogP contribution < -0.4 is 0 Å². The van der Waals surface area contributed by atoms with E-state index in [2.05, 4.69) is 12.8 Å². The molecule has 4 nitrogen and oxygen atoms in total. The molecule has 60 valence electrons. The Hall–Kier alpha value is -0.260. The van der Waals surface area contributed by atoms with Gasteiger partial charge in [0, 0.05) is 0 Å². The van der Waals surface area contributed by atoms with Crippen LogP contribution in [0.1, 0.15) is 13.3 Å². The average molecular weight is 165 g/mol. The third-order valence-corrected chi connectivity index (χ3v) is 0.972. The molecule has 0 bridgehead atoms. The Balaban J connectivity index is 3.25. The molecule has 0 saturated carbocycles. The van der Waals surface area contributed by atoms with Crippen LogP contribution in [-0.4, -0.2) is 28.7 Å². The summed E-state index contributed by atoms with van der Waals surface area (Å²) in [7, 11) is 0. The molecule has 1 N–H and O–H groups in total. The quantitative estimate of drug-likeness (QED) is 0.461. The molecule has 0 radical (unpaired) electrons. The average Bonchev–Trinajstić information content (AvgIpc) is 1.82. The van der Waals surface area contributed by atoms with Crippen molar-refractivity contribution < 1.29 is 14.7 Å². The highest BCUT2D eigenvalue weighted by atomic mass is 32.1. The summed E-state index contributed by atoms with van der Waals surface area (Å²) in [6.45, 7) is 2.22. The first kappa shape index (κ1) is 9.74. The van der Waals surface area contributed by atoms with E-state index in [0.29, 0.717) is 6.61 Å². The van der Waals surface area contributed by atoms with Gasteiger partial charge in [-0.1, -0.05) is 19.7 Å². The Kier molecular flexibility index (Phi) is 5.38. The van der Waals surface area contributed by atoms with Gasteiger partial charge in [0.2, 0.25) is 0 Å². The molecule has 0 fully saturated rings. The van der Waals surface area contributed by atoms with E-state index in [1.165, 1.54) is 0 Å². The van der Waals surface area contributed by atoms with Crippen LogP contribution in [0.2, 0.25) is 0 Å². The minimum atomic E-state index is -0.953. The van der Waals surface area contributed by atoms with E-state index in [1.807, 2.05) is 6.92 Å². The Labute approximate surface area is 65.3 Å². The van der Waals surface area contributed by atoms with Gasteiger partial charge < -0.3 is 5.11 Å². The molecule has 0 aliphatic carbocycles. The van der Waals surface area contributed by atoms with E-state index in [-0.39, 0.29) is 6.54 Å². The van der Waals surface area contributed by atoms with Gasteiger partial charge in [0.05, 0.1) is 6.61 Å². The van der Waals surface area contributed by atoms with E-state index >= 15 is 0 Å². The van der Waals surface area contributed by atoms with Crippen molar-refractivity contribution in [2.75, 3.05) is 13.2 Å². The van der Waals surface area contributed by atoms with Gasteiger partial charge in [0.1, 0.15) is 6.54 Å². The number of hydrogen-bond acceptors (Lipinski definition) is 4. The lowest BCUT2D eigenvalue weighted by atomic mass is 10.5. The van der Waals surface area contributed by atoms with Crippen LogP contribution in [0.15, 0.2) is 0 Å². The second-order valence-corrected chi connectivity index (χ2v) is 2.18. The Morgan fingerprint density at radius 3 is 2.80 bits per heavy atom. The zero-order valence-electron chi connectivity index (χ0n) is 5.78. The molecule has 0 saturated heterocycles. The predicted octanol–water partition coefficient (Wildman–Crippen LogP) is 0.559.